The van der Waals surface area contributed by atoms with Gasteiger partial charge in [0, 0.05) is 18.9 Å². The maximum atomic E-state index is 6.22. The lowest BCUT2D eigenvalue weighted by atomic mass is 10.2. The molecule has 0 aliphatic heterocycles. The van der Waals surface area contributed by atoms with Crippen LogP contribution in [-0.4, -0.2) is 9.55 Å². The van der Waals surface area contributed by atoms with Crippen molar-refractivity contribution < 1.29 is 0 Å². The lowest BCUT2D eigenvalue weighted by molar-refractivity contribution is 0.510. The van der Waals surface area contributed by atoms with Gasteiger partial charge in [-0.2, -0.15) is 0 Å². The second kappa shape index (κ2) is 4.48. The number of nitrogen functional groups attached to an aromatic ring is 1. The first-order valence-electron chi connectivity index (χ1n) is 6.48. The van der Waals surface area contributed by atoms with Crippen molar-refractivity contribution in [2.24, 2.45) is 5.92 Å². The van der Waals surface area contributed by atoms with Gasteiger partial charge < -0.3 is 10.3 Å². The summed E-state index contributed by atoms with van der Waals surface area (Å²) >= 11 is 0. The molecule has 1 fully saturated rings. The van der Waals surface area contributed by atoms with Crippen molar-refractivity contribution in [2.75, 3.05) is 5.73 Å². The summed E-state index contributed by atoms with van der Waals surface area (Å²) in [5.74, 6) is 3.40. The molecule has 2 rings (SSSR count). The molecule has 1 aromatic rings. The average molecular weight is 221 g/mol. The van der Waals surface area contributed by atoms with Gasteiger partial charge in [-0.15, -0.1) is 0 Å². The number of imidazole rings is 1. The van der Waals surface area contributed by atoms with Crippen LogP contribution in [0.15, 0.2) is 0 Å². The molecule has 2 N–H and O–H groups in total. The molecule has 0 bridgehead atoms. The Morgan fingerprint density at radius 2 is 2.12 bits per heavy atom. The highest BCUT2D eigenvalue weighted by molar-refractivity contribution is 5.42. The van der Waals surface area contributed by atoms with E-state index in [1.807, 2.05) is 0 Å². The second-order valence-electron chi connectivity index (χ2n) is 5.33. The summed E-state index contributed by atoms with van der Waals surface area (Å²) in [7, 11) is 0. The van der Waals surface area contributed by atoms with Gasteiger partial charge in [-0.1, -0.05) is 20.8 Å². The fraction of sp³-hybridized carbons (Fsp3) is 0.769. The molecular weight excluding hydrogens is 198 g/mol. The van der Waals surface area contributed by atoms with Crippen molar-refractivity contribution in [3.8, 4) is 0 Å². The molecule has 3 nitrogen and oxygen atoms in total. The standard InChI is InChI=1S/C13H23N3/c1-4-5-11-15-12(10-6-7-10)13(14)16(11)8-9(2)3/h9-10H,4-8,14H2,1-3H3. The minimum absolute atomic E-state index is 0.624. The van der Waals surface area contributed by atoms with E-state index in [1.54, 1.807) is 0 Å². The smallest absolute Gasteiger partial charge is 0.127 e. The molecule has 1 aromatic heterocycles. The third-order valence-electron chi connectivity index (χ3n) is 3.10. The zero-order valence-corrected chi connectivity index (χ0v) is 10.7. The number of nitrogens with two attached hydrogens (primary N) is 1. The fourth-order valence-electron chi connectivity index (χ4n) is 2.17. The van der Waals surface area contributed by atoms with Crippen molar-refractivity contribution in [3.63, 3.8) is 0 Å². The van der Waals surface area contributed by atoms with Crippen LogP contribution in [0.4, 0.5) is 5.82 Å². The minimum atomic E-state index is 0.624. The largest absolute Gasteiger partial charge is 0.384 e. The van der Waals surface area contributed by atoms with Crippen LogP contribution in [0.3, 0.4) is 0 Å². The number of rotatable bonds is 5. The monoisotopic (exact) mass is 221 g/mol. The number of aryl methyl sites for hydroxylation is 1. The van der Waals surface area contributed by atoms with Gasteiger partial charge in [0.05, 0.1) is 5.69 Å². The van der Waals surface area contributed by atoms with E-state index in [4.69, 9.17) is 10.7 Å². The van der Waals surface area contributed by atoms with Crippen LogP contribution in [-0.2, 0) is 13.0 Å². The molecule has 0 unspecified atom stereocenters. The maximum Gasteiger partial charge on any atom is 0.127 e. The lowest BCUT2D eigenvalue weighted by Crippen LogP contribution is -2.11. The van der Waals surface area contributed by atoms with E-state index in [0.717, 1.165) is 25.2 Å². The third-order valence-corrected chi connectivity index (χ3v) is 3.10. The SMILES string of the molecule is CCCc1nc(C2CC2)c(N)n1CC(C)C. The fourth-order valence-corrected chi connectivity index (χ4v) is 2.17. The van der Waals surface area contributed by atoms with E-state index in [-0.39, 0.29) is 0 Å². The summed E-state index contributed by atoms with van der Waals surface area (Å²) in [4.78, 5) is 4.75. The first-order chi connectivity index (χ1) is 7.63. The second-order valence-corrected chi connectivity index (χ2v) is 5.33. The zero-order valence-electron chi connectivity index (χ0n) is 10.7. The molecule has 1 heterocycles. The van der Waals surface area contributed by atoms with Gasteiger partial charge in [-0.3, -0.25) is 0 Å². The molecule has 3 heteroatoms. The molecule has 0 radical (unpaired) electrons. The number of nitrogens with zero attached hydrogens (tertiary/aromatic N) is 2. The van der Waals surface area contributed by atoms with Crippen LogP contribution >= 0.6 is 0 Å². The van der Waals surface area contributed by atoms with Crippen molar-refractivity contribution >= 4 is 5.82 Å². The molecule has 0 spiro atoms. The van der Waals surface area contributed by atoms with E-state index in [0.29, 0.717) is 11.8 Å². The highest BCUT2D eigenvalue weighted by Gasteiger charge is 2.30. The summed E-state index contributed by atoms with van der Waals surface area (Å²) in [5.41, 5.74) is 7.39. The van der Waals surface area contributed by atoms with Gasteiger partial charge in [-0.05, 0) is 25.2 Å². The summed E-state index contributed by atoms with van der Waals surface area (Å²) in [6, 6.07) is 0. The van der Waals surface area contributed by atoms with Gasteiger partial charge in [-0.25, -0.2) is 4.98 Å². The Balaban J connectivity index is 2.29. The topological polar surface area (TPSA) is 43.8 Å². The Kier molecular flexibility index (Phi) is 3.22. The molecule has 16 heavy (non-hydrogen) atoms. The average Bonchev–Trinajstić information content (AvgIpc) is 3.00. The van der Waals surface area contributed by atoms with Crippen molar-refractivity contribution in [1.82, 2.24) is 9.55 Å². The molecule has 0 saturated heterocycles. The van der Waals surface area contributed by atoms with E-state index >= 15 is 0 Å². The van der Waals surface area contributed by atoms with E-state index in [1.165, 1.54) is 24.4 Å². The van der Waals surface area contributed by atoms with Crippen molar-refractivity contribution in [1.29, 1.82) is 0 Å². The van der Waals surface area contributed by atoms with Crippen LogP contribution in [0.1, 0.15) is 57.5 Å². The highest BCUT2D eigenvalue weighted by Crippen LogP contribution is 2.42. The van der Waals surface area contributed by atoms with Gasteiger partial charge in [0.1, 0.15) is 11.6 Å². The number of aromatic nitrogens is 2. The summed E-state index contributed by atoms with van der Waals surface area (Å²) in [5, 5.41) is 0. The van der Waals surface area contributed by atoms with Crippen LogP contribution in [0.25, 0.3) is 0 Å². The molecular formula is C13H23N3. The lowest BCUT2D eigenvalue weighted by Gasteiger charge is -2.11. The maximum absolute atomic E-state index is 6.22. The normalized spacial score (nSPS) is 16.0. The van der Waals surface area contributed by atoms with E-state index in [9.17, 15) is 0 Å². The van der Waals surface area contributed by atoms with Gasteiger partial charge in [0.2, 0.25) is 0 Å². The summed E-state index contributed by atoms with van der Waals surface area (Å²) < 4.78 is 2.24. The zero-order chi connectivity index (χ0) is 11.7. The van der Waals surface area contributed by atoms with Crippen LogP contribution < -0.4 is 5.73 Å². The molecule has 1 aliphatic carbocycles. The van der Waals surface area contributed by atoms with Crippen molar-refractivity contribution in [2.45, 2.75) is 58.9 Å². The molecule has 0 atom stereocenters. The van der Waals surface area contributed by atoms with Gasteiger partial charge in [0.15, 0.2) is 0 Å². The van der Waals surface area contributed by atoms with Crippen LogP contribution in [0.2, 0.25) is 0 Å². The third kappa shape index (κ3) is 2.23. The summed E-state index contributed by atoms with van der Waals surface area (Å²) in [6.45, 7) is 7.65. The predicted octanol–water partition coefficient (Wildman–Crippen LogP) is 2.95. The Hall–Kier alpha value is -0.990. The number of anilines is 1. The number of hydrogen-bond donors (Lipinski definition) is 1. The van der Waals surface area contributed by atoms with Crippen LogP contribution in [0.5, 0.6) is 0 Å². The van der Waals surface area contributed by atoms with Crippen molar-refractivity contribution in [3.05, 3.63) is 11.5 Å². The first-order valence-corrected chi connectivity index (χ1v) is 6.48. The predicted molar refractivity (Wildman–Crippen MR) is 67.4 cm³/mol. The molecule has 1 aliphatic rings. The Morgan fingerprint density at radius 1 is 1.44 bits per heavy atom. The Bertz CT molecular complexity index is 361. The molecule has 90 valence electrons. The van der Waals surface area contributed by atoms with Gasteiger partial charge >= 0.3 is 0 Å². The van der Waals surface area contributed by atoms with Gasteiger partial charge in [0.25, 0.3) is 0 Å². The van der Waals surface area contributed by atoms with Crippen LogP contribution in [0, 0.1) is 5.92 Å². The first kappa shape index (κ1) is 11.5. The quantitative estimate of drug-likeness (QED) is 0.830. The Labute approximate surface area is 98.1 Å². The number of hydrogen-bond acceptors (Lipinski definition) is 2. The molecule has 0 aromatic carbocycles. The minimum Gasteiger partial charge on any atom is -0.384 e. The molecule has 1 saturated carbocycles. The van der Waals surface area contributed by atoms with E-state index < -0.39 is 0 Å². The summed E-state index contributed by atoms with van der Waals surface area (Å²) in [6.07, 6.45) is 4.73. The molecule has 0 amide bonds. The Morgan fingerprint density at radius 3 is 2.62 bits per heavy atom. The highest BCUT2D eigenvalue weighted by atomic mass is 15.1. The van der Waals surface area contributed by atoms with E-state index in [2.05, 4.69) is 25.3 Å².